The molecule has 0 aliphatic carbocycles. The second kappa shape index (κ2) is 18.2. The van der Waals surface area contributed by atoms with Crippen LogP contribution >= 0.6 is 7.60 Å². The van der Waals surface area contributed by atoms with Gasteiger partial charge in [-0.05, 0) is 18.6 Å². The van der Waals surface area contributed by atoms with Crippen LogP contribution in [0.2, 0.25) is 0 Å². The first kappa shape index (κ1) is 34.0. The van der Waals surface area contributed by atoms with Crippen LogP contribution in [0.5, 0.6) is 5.75 Å². The first-order valence-corrected chi connectivity index (χ1v) is 17.8. The van der Waals surface area contributed by atoms with E-state index in [2.05, 4.69) is 21.9 Å². The molecule has 0 bridgehead atoms. The average Bonchev–Trinajstić information content (AvgIpc) is 3.62. The number of benzene rings is 1. The third-order valence-electron chi connectivity index (χ3n) is 7.60. The third-order valence-corrected chi connectivity index (χ3v) is 9.13. The van der Waals surface area contributed by atoms with E-state index < -0.39 is 32.3 Å². The number of hydrogen-bond donors (Lipinski definition) is 1. The van der Waals surface area contributed by atoms with E-state index in [0.29, 0.717) is 16.9 Å². The quantitative estimate of drug-likeness (QED) is 0.0855. The lowest BCUT2D eigenvalue weighted by Gasteiger charge is -2.21. The van der Waals surface area contributed by atoms with Gasteiger partial charge in [0.1, 0.15) is 17.6 Å². The molecule has 10 nitrogen and oxygen atoms in total. The molecule has 4 rings (SSSR count). The van der Waals surface area contributed by atoms with Crippen molar-refractivity contribution in [1.29, 1.82) is 0 Å². The summed E-state index contributed by atoms with van der Waals surface area (Å²) < 4.78 is 53.0. The molecule has 0 spiro atoms. The Bertz CT molecular complexity index is 1340. The maximum absolute atomic E-state index is 14.9. The van der Waals surface area contributed by atoms with E-state index in [-0.39, 0.29) is 12.4 Å². The molecule has 0 radical (unpaired) electrons. The number of aromatic nitrogens is 4. The zero-order valence-corrected chi connectivity index (χ0v) is 26.7. The van der Waals surface area contributed by atoms with Gasteiger partial charge in [0, 0.05) is 6.08 Å². The molecule has 0 saturated carbocycles. The number of nitrogens with zero attached hydrogens (tertiary/aromatic N) is 4. The number of anilines is 1. The van der Waals surface area contributed by atoms with Gasteiger partial charge in [-0.15, -0.1) is 0 Å². The number of hydrogen-bond acceptors (Lipinski definition) is 9. The van der Waals surface area contributed by atoms with E-state index in [4.69, 9.17) is 24.3 Å². The molecule has 2 N–H and O–H groups in total. The van der Waals surface area contributed by atoms with Crippen molar-refractivity contribution in [2.24, 2.45) is 0 Å². The number of halogens is 1. The Morgan fingerprint density at radius 1 is 0.909 bits per heavy atom. The molecular weight excluding hydrogens is 584 g/mol. The highest BCUT2D eigenvalue weighted by molar-refractivity contribution is 7.54. The number of unbranched alkanes of at least 4 members (excludes halogenated alkanes) is 13. The minimum atomic E-state index is -3.74. The lowest BCUT2D eigenvalue weighted by atomic mass is 10.0. The Hall–Kier alpha value is -2.85. The van der Waals surface area contributed by atoms with Crippen molar-refractivity contribution in [2.45, 2.75) is 109 Å². The number of rotatable bonds is 22. The average molecular weight is 632 g/mol. The van der Waals surface area contributed by atoms with Crippen LogP contribution in [0.1, 0.15) is 103 Å². The van der Waals surface area contributed by atoms with Crippen molar-refractivity contribution >= 4 is 24.6 Å². The largest absolute Gasteiger partial charge is 0.423 e. The fraction of sp³-hybridized carbons (Fsp3) is 0.594. The van der Waals surface area contributed by atoms with Crippen LogP contribution in [-0.2, 0) is 18.6 Å². The summed E-state index contributed by atoms with van der Waals surface area (Å²) in [6.45, 7) is 2.53. The Morgan fingerprint density at radius 3 is 2.20 bits per heavy atom. The highest BCUT2D eigenvalue weighted by Gasteiger charge is 2.35. The summed E-state index contributed by atoms with van der Waals surface area (Å²) in [7, 11) is -3.74. The Kier molecular flexibility index (Phi) is 14.1. The summed E-state index contributed by atoms with van der Waals surface area (Å²) in [4.78, 5) is 12.2. The predicted molar refractivity (Wildman–Crippen MR) is 170 cm³/mol. The molecule has 1 aromatic carbocycles. The summed E-state index contributed by atoms with van der Waals surface area (Å²) in [5.74, 6) is -0.0259. The lowest BCUT2D eigenvalue weighted by molar-refractivity contribution is -0.130. The van der Waals surface area contributed by atoms with Gasteiger partial charge in [-0.2, -0.15) is 0 Å². The van der Waals surface area contributed by atoms with Crippen LogP contribution in [0.4, 0.5) is 10.2 Å². The minimum Gasteiger partial charge on any atom is -0.423 e. The summed E-state index contributed by atoms with van der Waals surface area (Å²) >= 11 is 0. The van der Waals surface area contributed by atoms with Crippen molar-refractivity contribution in [3.63, 3.8) is 0 Å². The van der Waals surface area contributed by atoms with Gasteiger partial charge < -0.3 is 19.7 Å². The van der Waals surface area contributed by atoms with Gasteiger partial charge in [0.2, 0.25) is 0 Å². The number of nitrogen functional groups attached to an aromatic ring is 1. The first-order valence-electron chi connectivity index (χ1n) is 16.0. The van der Waals surface area contributed by atoms with Crippen LogP contribution in [0.25, 0.3) is 11.2 Å². The zero-order valence-electron chi connectivity index (χ0n) is 25.8. The fourth-order valence-electron chi connectivity index (χ4n) is 5.17. The topological polar surface area (TPSA) is 124 Å². The molecular formula is C32H47FN5O5P. The van der Waals surface area contributed by atoms with Gasteiger partial charge in [-0.25, -0.2) is 23.9 Å². The van der Waals surface area contributed by atoms with Gasteiger partial charge >= 0.3 is 7.60 Å². The first-order chi connectivity index (χ1) is 21.5. The van der Waals surface area contributed by atoms with Gasteiger partial charge in [0.15, 0.2) is 36.2 Å². The number of fused-ring (bicyclic) bond motifs is 1. The maximum Gasteiger partial charge on any atom is 0.404 e. The van der Waals surface area contributed by atoms with E-state index in [1.165, 1.54) is 93.9 Å². The highest BCUT2D eigenvalue weighted by Crippen LogP contribution is 2.49. The minimum absolute atomic E-state index is 0.180. The molecule has 1 aliphatic rings. The van der Waals surface area contributed by atoms with Gasteiger partial charge in [-0.1, -0.05) is 109 Å². The van der Waals surface area contributed by atoms with Gasteiger partial charge in [0.05, 0.1) is 12.9 Å². The van der Waals surface area contributed by atoms with Crippen molar-refractivity contribution < 1.29 is 27.5 Å². The predicted octanol–water partition coefficient (Wildman–Crippen LogP) is 8.86. The van der Waals surface area contributed by atoms with Crippen LogP contribution in [0.3, 0.4) is 0 Å². The summed E-state index contributed by atoms with van der Waals surface area (Å²) in [6.07, 6.45) is 18.5. The van der Waals surface area contributed by atoms with E-state index in [1.807, 2.05) is 6.07 Å². The molecule has 242 valence electrons. The third kappa shape index (κ3) is 10.6. The van der Waals surface area contributed by atoms with Crippen molar-refractivity contribution in [3.05, 3.63) is 54.9 Å². The van der Waals surface area contributed by atoms with E-state index >= 15 is 0 Å². The smallest absolute Gasteiger partial charge is 0.404 e. The SMILES string of the molecule is CCCCCCCCCCCCCCCCOP(=O)(COC1C=C(F)C(n2cnc3c(N)ncnc32)O1)Oc1ccccc1. The molecule has 0 amide bonds. The Balaban J connectivity index is 1.18. The monoisotopic (exact) mass is 631 g/mol. The van der Waals surface area contributed by atoms with Crippen LogP contribution in [0, 0.1) is 0 Å². The molecule has 3 unspecified atom stereocenters. The normalized spacial score (nSPS) is 18.0. The van der Waals surface area contributed by atoms with E-state index in [1.54, 1.807) is 24.3 Å². The molecule has 0 saturated heterocycles. The van der Waals surface area contributed by atoms with E-state index in [9.17, 15) is 8.96 Å². The van der Waals surface area contributed by atoms with Crippen molar-refractivity contribution in [3.8, 4) is 5.75 Å². The van der Waals surface area contributed by atoms with Crippen LogP contribution in [0.15, 0.2) is 54.9 Å². The number of para-hydroxylation sites is 1. The standard InChI is InChI=1S/C32H47FN5O5P/c1-2-3-4-5-6-7-8-9-10-11-12-13-14-18-21-41-44(39,43-26-19-16-15-17-20-26)25-40-28-22-27(33)32(42-28)38-24-37-29-30(34)35-23-36-31(29)38/h15-17,19-20,22-24,28,32H,2-14,18,21,25H2,1H3,(H2,34,35,36). The molecule has 1 aliphatic heterocycles. The molecule has 0 fully saturated rings. The van der Waals surface area contributed by atoms with Crippen LogP contribution in [-0.4, -0.2) is 38.8 Å². The zero-order chi connectivity index (χ0) is 31.0. The summed E-state index contributed by atoms with van der Waals surface area (Å²) in [5, 5.41) is 0. The second-order valence-corrected chi connectivity index (χ2v) is 13.2. The lowest BCUT2D eigenvalue weighted by Crippen LogP contribution is -2.18. The Labute approximate surface area is 260 Å². The van der Waals surface area contributed by atoms with Crippen LogP contribution < -0.4 is 10.3 Å². The fourth-order valence-corrected chi connectivity index (χ4v) is 6.53. The summed E-state index contributed by atoms with van der Waals surface area (Å²) in [6, 6.07) is 8.79. The van der Waals surface area contributed by atoms with E-state index in [0.717, 1.165) is 19.3 Å². The second-order valence-electron chi connectivity index (χ2n) is 11.2. The van der Waals surface area contributed by atoms with Gasteiger partial charge in [0.25, 0.3) is 0 Å². The molecule has 2 aromatic heterocycles. The molecule has 44 heavy (non-hydrogen) atoms. The number of ether oxygens (including phenoxy) is 2. The maximum atomic E-state index is 14.9. The number of imidazole rings is 1. The van der Waals surface area contributed by atoms with Crippen molar-refractivity contribution in [2.75, 3.05) is 18.7 Å². The van der Waals surface area contributed by atoms with Crippen molar-refractivity contribution in [1.82, 2.24) is 19.5 Å². The molecule has 3 atom stereocenters. The highest BCUT2D eigenvalue weighted by atomic mass is 31.2. The number of nitrogens with two attached hydrogens (primary N) is 1. The summed E-state index contributed by atoms with van der Waals surface area (Å²) in [5.41, 5.74) is 6.50. The molecule has 3 heterocycles. The molecule has 12 heteroatoms. The Morgan fingerprint density at radius 2 is 1.55 bits per heavy atom. The molecule has 3 aromatic rings. The van der Waals surface area contributed by atoms with Gasteiger partial charge in [-0.3, -0.25) is 9.09 Å².